The van der Waals surface area contributed by atoms with Gasteiger partial charge in [0.2, 0.25) is 11.8 Å². The fourth-order valence-electron chi connectivity index (χ4n) is 2.47. The zero-order chi connectivity index (χ0) is 19.8. The standard InChI is InChI=1S/C21H23N3O3S/c1-15-3-6-17(7-4-15)21-24-18(14-28-21)11-19(25)22-12-16-5-8-20(23-13-16)27-10-9-26-2/h3-8,13-14H,9-12H2,1-2H3,(H,22,25). The van der Waals surface area contributed by atoms with Crippen LogP contribution in [-0.2, 0) is 22.5 Å². The molecule has 1 N–H and O–H groups in total. The molecule has 2 heterocycles. The predicted molar refractivity (Wildman–Crippen MR) is 109 cm³/mol. The molecule has 0 fully saturated rings. The van der Waals surface area contributed by atoms with Crippen molar-refractivity contribution in [3.63, 3.8) is 0 Å². The lowest BCUT2D eigenvalue weighted by atomic mass is 10.2. The number of carbonyl (C=O) groups excluding carboxylic acids is 1. The molecule has 0 saturated carbocycles. The summed E-state index contributed by atoms with van der Waals surface area (Å²) in [7, 11) is 1.62. The molecule has 2 aromatic heterocycles. The Kier molecular flexibility index (Phi) is 7.11. The first-order valence-electron chi connectivity index (χ1n) is 8.99. The summed E-state index contributed by atoms with van der Waals surface area (Å²) in [4.78, 5) is 21.0. The van der Waals surface area contributed by atoms with E-state index >= 15 is 0 Å². The first kappa shape index (κ1) is 20.0. The van der Waals surface area contributed by atoms with E-state index in [0.29, 0.717) is 25.6 Å². The molecule has 0 bridgehead atoms. The highest BCUT2D eigenvalue weighted by Crippen LogP contribution is 2.24. The molecule has 3 rings (SSSR count). The number of benzene rings is 1. The fourth-order valence-corrected chi connectivity index (χ4v) is 3.30. The summed E-state index contributed by atoms with van der Waals surface area (Å²) in [6.07, 6.45) is 1.95. The number of ether oxygens (including phenoxy) is 2. The van der Waals surface area contributed by atoms with Crippen LogP contribution in [0.4, 0.5) is 0 Å². The molecule has 0 aliphatic heterocycles. The van der Waals surface area contributed by atoms with E-state index in [9.17, 15) is 4.79 Å². The molecule has 0 radical (unpaired) electrons. The van der Waals surface area contributed by atoms with E-state index in [0.717, 1.165) is 21.8 Å². The smallest absolute Gasteiger partial charge is 0.226 e. The van der Waals surface area contributed by atoms with Crippen LogP contribution < -0.4 is 10.1 Å². The van der Waals surface area contributed by atoms with Crippen molar-refractivity contribution in [2.75, 3.05) is 20.3 Å². The maximum absolute atomic E-state index is 12.2. The summed E-state index contributed by atoms with van der Waals surface area (Å²) in [6.45, 7) is 3.44. The van der Waals surface area contributed by atoms with Crippen molar-refractivity contribution in [1.29, 1.82) is 0 Å². The Labute approximate surface area is 168 Å². The highest BCUT2D eigenvalue weighted by atomic mass is 32.1. The van der Waals surface area contributed by atoms with Gasteiger partial charge in [-0.3, -0.25) is 4.79 Å². The molecule has 0 aliphatic carbocycles. The Morgan fingerprint density at radius 1 is 1.14 bits per heavy atom. The van der Waals surface area contributed by atoms with Gasteiger partial charge in [0.25, 0.3) is 0 Å². The van der Waals surface area contributed by atoms with E-state index < -0.39 is 0 Å². The van der Waals surface area contributed by atoms with Gasteiger partial charge in [0.05, 0.1) is 18.7 Å². The van der Waals surface area contributed by atoms with E-state index in [-0.39, 0.29) is 12.3 Å². The average molecular weight is 398 g/mol. The van der Waals surface area contributed by atoms with Crippen LogP contribution in [0.15, 0.2) is 48.0 Å². The second-order valence-electron chi connectivity index (χ2n) is 6.31. The van der Waals surface area contributed by atoms with Gasteiger partial charge in [-0.1, -0.05) is 35.9 Å². The van der Waals surface area contributed by atoms with Gasteiger partial charge in [-0.15, -0.1) is 11.3 Å². The maximum atomic E-state index is 12.2. The van der Waals surface area contributed by atoms with Crippen LogP contribution in [0.2, 0.25) is 0 Å². The van der Waals surface area contributed by atoms with Crippen molar-refractivity contribution in [2.24, 2.45) is 0 Å². The molecule has 0 atom stereocenters. The summed E-state index contributed by atoms with van der Waals surface area (Å²) in [5.41, 5.74) is 3.97. The topological polar surface area (TPSA) is 73.3 Å². The SMILES string of the molecule is COCCOc1ccc(CNC(=O)Cc2csc(-c3ccc(C)cc3)n2)cn1. The Morgan fingerprint density at radius 3 is 2.68 bits per heavy atom. The van der Waals surface area contributed by atoms with E-state index in [2.05, 4.69) is 34.3 Å². The largest absolute Gasteiger partial charge is 0.475 e. The zero-order valence-electron chi connectivity index (χ0n) is 16.0. The van der Waals surface area contributed by atoms with Crippen molar-refractivity contribution < 1.29 is 14.3 Å². The average Bonchev–Trinajstić information content (AvgIpc) is 3.16. The van der Waals surface area contributed by atoms with Crippen LogP contribution in [0.3, 0.4) is 0 Å². The molecule has 146 valence electrons. The molecular formula is C21H23N3O3S. The molecule has 1 amide bonds. The number of hydrogen-bond acceptors (Lipinski definition) is 6. The van der Waals surface area contributed by atoms with Crippen LogP contribution in [0.1, 0.15) is 16.8 Å². The molecule has 28 heavy (non-hydrogen) atoms. The summed E-state index contributed by atoms with van der Waals surface area (Å²) in [6, 6.07) is 11.9. The van der Waals surface area contributed by atoms with Gasteiger partial charge in [-0.05, 0) is 12.5 Å². The quantitative estimate of drug-likeness (QED) is 0.560. The van der Waals surface area contributed by atoms with Gasteiger partial charge in [0.1, 0.15) is 11.6 Å². The minimum atomic E-state index is -0.0684. The lowest BCUT2D eigenvalue weighted by molar-refractivity contribution is -0.120. The van der Waals surface area contributed by atoms with E-state index in [4.69, 9.17) is 9.47 Å². The summed E-state index contributed by atoms with van der Waals surface area (Å²) >= 11 is 1.55. The number of nitrogens with zero attached hydrogens (tertiary/aromatic N) is 2. The Balaban J connectivity index is 1.47. The second kappa shape index (κ2) is 9.96. The van der Waals surface area contributed by atoms with Gasteiger partial charge in [0.15, 0.2) is 0 Å². The Bertz CT molecular complexity index is 892. The highest BCUT2D eigenvalue weighted by molar-refractivity contribution is 7.13. The first-order valence-corrected chi connectivity index (χ1v) is 9.87. The van der Waals surface area contributed by atoms with E-state index in [1.165, 1.54) is 5.56 Å². The minimum absolute atomic E-state index is 0.0684. The molecule has 0 saturated heterocycles. The number of aromatic nitrogens is 2. The Hall–Kier alpha value is -2.77. The summed E-state index contributed by atoms with van der Waals surface area (Å²) in [5, 5.41) is 5.76. The number of pyridine rings is 1. The second-order valence-corrected chi connectivity index (χ2v) is 7.17. The van der Waals surface area contributed by atoms with Gasteiger partial charge in [-0.2, -0.15) is 0 Å². The number of aryl methyl sites for hydroxylation is 1. The van der Waals surface area contributed by atoms with E-state index in [1.807, 2.05) is 23.6 Å². The number of methoxy groups -OCH3 is 1. The van der Waals surface area contributed by atoms with Gasteiger partial charge in [0, 0.05) is 36.9 Å². The van der Waals surface area contributed by atoms with Crippen molar-refractivity contribution >= 4 is 17.2 Å². The van der Waals surface area contributed by atoms with Crippen LogP contribution >= 0.6 is 11.3 Å². The number of rotatable bonds is 9. The maximum Gasteiger partial charge on any atom is 0.226 e. The predicted octanol–water partition coefficient (Wildman–Crippen LogP) is 3.40. The van der Waals surface area contributed by atoms with Gasteiger partial charge < -0.3 is 14.8 Å². The van der Waals surface area contributed by atoms with Crippen molar-refractivity contribution in [3.8, 4) is 16.5 Å². The van der Waals surface area contributed by atoms with Crippen molar-refractivity contribution in [1.82, 2.24) is 15.3 Å². The highest BCUT2D eigenvalue weighted by Gasteiger charge is 2.09. The lowest BCUT2D eigenvalue weighted by Gasteiger charge is -2.07. The Morgan fingerprint density at radius 2 is 1.96 bits per heavy atom. The molecule has 1 aromatic carbocycles. The first-order chi connectivity index (χ1) is 13.6. The van der Waals surface area contributed by atoms with E-state index in [1.54, 1.807) is 30.7 Å². The van der Waals surface area contributed by atoms with Crippen LogP contribution in [-0.4, -0.2) is 36.2 Å². The third-order valence-electron chi connectivity index (χ3n) is 4.02. The van der Waals surface area contributed by atoms with Crippen LogP contribution in [0.25, 0.3) is 10.6 Å². The number of amides is 1. The van der Waals surface area contributed by atoms with Crippen molar-refractivity contribution in [2.45, 2.75) is 19.9 Å². The molecule has 6 nitrogen and oxygen atoms in total. The molecule has 0 spiro atoms. The lowest BCUT2D eigenvalue weighted by Crippen LogP contribution is -2.24. The number of hydrogen-bond donors (Lipinski definition) is 1. The monoisotopic (exact) mass is 397 g/mol. The van der Waals surface area contributed by atoms with Gasteiger partial charge in [-0.25, -0.2) is 9.97 Å². The fraction of sp³-hybridized carbons (Fsp3) is 0.286. The van der Waals surface area contributed by atoms with Crippen LogP contribution in [0, 0.1) is 6.92 Å². The number of thiazole rings is 1. The molecule has 3 aromatic rings. The third-order valence-corrected chi connectivity index (χ3v) is 4.96. The zero-order valence-corrected chi connectivity index (χ0v) is 16.8. The van der Waals surface area contributed by atoms with Crippen molar-refractivity contribution in [3.05, 3.63) is 64.8 Å². The molecule has 7 heteroatoms. The van der Waals surface area contributed by atoms with Gasteiger partial charge >= 0.3 is 0 Å². The number of nitrogens with one attached hydrogen (secondary N) is 1. The number of carbonyl (C=O) groups is 1. The third kappa shape index (κ3) is 5.87. The minimum Gasteiger partial charge on any atom is -0.475 e. The summed E-state index contributed by atoms with van der Waals surface area (Å²) in [5.74, 6) is 0.472. The molecule has 0 aliphatic rings. The molecular weight excluding hydrogens is 374 g/mol. The normalized spacial score (nSPS) is 10.6. The summed E-state index contributed by atoms with van der Waals surface area (Å²) < 4.78 is 10.3. The molecule has 0 unspecified atom stereocenters. The van der Waals surface area contributed by atoms with Crippen LogP contribution in [0.5, 0.6) is 5.88 Å².